The smallest absolute Gasteiger partial charge is 0.216 e. The summed E-state index contributed by atoms with van der Waals surface area (Å²) in [7, 11) is 0. The van der Waals surface area contributed by atoms with Gasteiger partial charge in [0.1, 0.15) is 12.4 Å². The highest BCUT2D eigenvalue weighted by Crippen LogP contribution is 2.22. The Kier molecular flexibility index (Phi) is 5.43. The van der Waals surface area contributed by atoms with E-state index in [1.807, 2.05) is 48.5 Å². The highest BCUT2D eigenvalue weighted by molar-refractivity contribution is 9.10. The number of halogens is 1. The molecule has 3 rings (SSSR count). The fraction of sp³-hybridized carbons (Fsp3) is 0.0556. The van der Waals surface area contributed by atoms with Crippen LogP contribution in [0.1, 0.15) is 5.56 Å². The van der Waals surface area contributed by atoms with E-state index in [1.165, 1.54) is 0 Å². The van der Waals surface area contributed by atoms with Crippen LogP contribution < -0.4 is 4.74 Å². The quantitative estimate of drug-likeness (QED) is 0.386. The molecule has 2 aromatic carbocycles. The molecule has 0 bridgehead atoms. The summed E-state index contributed by atoms with van der Waals surface area (Å²) in [6.45, 7) is 0.183. The van der Waals surface area contributed by atoms with E-state index in [9.17, 15) is 0 Å². The maximum Gasteiger partial charge on any atom is 0.216 e. The molecule has 0 aliphatic carbocycles. The van der Waals surface area contributed by atoms with E-state index in [0.717, 1.165) is 15.6 Å². The third-order valence-electron chi connectivity index (χ3n) is 3.28. The minimum atomic E-state index is 0.183. The van der Waals surface area contributed by atoms with Crippen LogP contribution in [-0.4, -0.2) is 27.7 Å². The molecule has 0 spiro atoms. The molecule has 0 radical (unpaired) electrons. The van der Waals surface area contributed by atoms with Crippen molar-refractivity contribution in [1.82, 2.24) is 14.9 Å². The molecule has 5 nitrogen and oxygen atoms in total. The second-order valence-corrected chi connectivity index (χ2v) is 6.25. The van der Waals surface area contributed by atoms with Gasteiger partial charge in [0, 0.05) is 15.6 Å². The summed E-state index contributed by atoms with van der Waals surface area (Å²) in [5.74, 6) is 3.72. The Labute approximate surface area is 158 Å². The molecular weight excluding hydrogens is 400 g/mol. The predicted octanol–water partition coefficient (Wildman–Crippen LogP) is 4.26. The lowest BCUT2D eigenvalue weighted by Crippen LogP contribution is -1.99. The first kappa shape index (κ1) is 17.1. The maximum absolute atomic E-state index is 5.55. The van der Waals surface area contributed by atoms with Gasteiger partial charge in [0.05, 0.1) is 6.21 Å². The summed E-state index contributed by atoms with van der Waals surface area (Å²) in [4.78, 5) is 0. The highest BCUT2D eigenvalue weighted by atomic mass is 79.9. The van der Waals surface area contributed by atoms with Crippen molar-refractivity contribution in [3.63, 3.8) is 0 Å². The van der Waals surface area contributed by atoms with Gasteiger partial charge in [-0.05, 0) is 30.4 Å². The Hall–Kier alpha value is -2.69. The van der Waals surface area contributed by atoms with E-state index in [1.54, 1.807) is 10.9 Å². The Morgan fingerprint density at radius 1 is 1.32 bits per heavy atom. The zero-order valence-corrected chi connectivity index (χ0v) is 15.4. The third kappa shape index (κ3) is 4.05. The lowest BCUT2D eigenvalue weighted by Gasteiger charge is -2.07. The summed E-state index contributed by atoms with van der Waals surface area (Å²) in [5.41, 5.74) is 1.68. The highest BCUT2D eigenvalue weighted by Gasteiger charge is 2.08. The van der Waals surface area contributed by atoms with Crippen LogP contribution in [0.4, 0.5) is 0 Å². The second-order valence-electron chi connectivity index (χ2n) is 4.95. The third-order valence-corrected chi connectivity index (χ3v) is 4.04. The van der Waals surface area contributed by atoms with Gasteiger partial charge in [-0.1, -0.05) is 52.2 Å². The summed E-state index contributed by atoms with van der Waals surface area (Å²) < 4.78 is 8.42. The molecule has 0 atom stereocenters. The minimum absolute atomic E-state index is 0.183. The van der Waals surface area contributed by atoms with Crippen LogP contribution in [0.3, 0.4) is 0 Å². The van der Waals surface area contributed by atoms with Crippen LogP contribution in [0.25, 0.3) is 11.4 Å². The van der Waals surface area contributed by atoms with Gasteiger partial charge < -0.3 is 4.74 Å². The van der Waals surface area contributed by atoms with E-state index in [4.69, 9.17) is 23.4 Å². The summed E-state index contributed by atoms with van der Waals surface area (Å²) >= 11 is 8.73. The molecule has 1 aromatic heterocycles. The average Bonchev–Trinajstić information content (AvgIpc) is 3.00. The number of nitrogens with zero attached hydrogens (tertiary/aromatic N) is 3. The fourth-order valence-electron chi connectivity index (χ4n) is 2.16. The van der Waals surface area contributed by atoms with Gasteiger partial charge in [0.2, 0.25) is 4.77 Å². The Morgan fingerprint density at radius 3 is 2.88 bits per heavy atom. The maximum atomic E-state index is 5.55. The number of hydrogen-bond acceptors (Lipinski definition) is 4. The molecule has 25 heavy (non-hydrogen) atoms. The van der Waals surface area contributed by atoms with Crippen LogP contribution in [0.2, 0.25) is 0 Å². The molecule has 0 aliphatic heterocycles. The monoisotopic (exact) mass is 412 g/mol. The number of aromatic amines is 1. The van der Waals surface area contributed by atoms with Gasteiger partial charge in [-0.25, -0.2) is 5.10 Å². The molecule has 7 heteroatoms. The SMILES string of the molecule is C#CCOc1ccc(Br)cc1/C=N\n1c(-c2ccccc2)n[nH]c1=S. The Morgan fingerprint density at radius 2 is 2.12 bits per heavy atom. The summed E-state index contributed by atoms with van der Waals surface area (Å²) in [5, 5.41) is 11.5. The van der Waals surface area contributed by atoms with Gasteiger partial charge >= 0.3 is 0 Å². The van der Waals surface area contributed by atoms with Crippen molar-refractivity contribution >= 4 is 34.4 Å². The molecule has 0 saturated carbocycles. The molecule has 3 aromatic rings. The van der Waals surface area contributed by atoms with Crippen molar-refractivity contribution in [2.45, 2.75) is 0 Å². The van der Waals surface area contributed by atoms with Crippen LogP contribution >= 0.6 is 28.1 Å². The zero-order chi connectivity index (χ0) is 17.6. The topological polar surface area (TPSA) is 55.2 Å². The number of rotatable bonds is 5. The zero-order valence-electron chi connectivity index (χ0n) is 13.0. The van der Waals surface area contributed by atoms with Crippen molar-refractivity contribution in [3.8, 4) is 29.5 Å². The van der Waals surface area contributed by atoms with Crippen LogP contribution in [0.15, 0.2) is 58.1 Å². The van der Waals surface area contributed by atoms with E-state index in [0.29, 0.717) is 16.3 Å². The number of benzene rings is 2. The molecule has 0 fully saturated rings. The lowest BCUT2D eigenvalue weighted by atomic mass is 10.2. The molecular formula is C18H13BrN4OS. The number of terminal acetylenes is 1. The molecule has 0 unspecified atom stereocenters. The van der Waals surface area contributed by atoms with Crippen LogP contribution in [0.5, 0.6) is 5.75 Å². The largest absolute Gasteiger partial charge is 0.480 e. The standard InChI is InChI=1S/C18H13BrN4OS/c1-2-10-24-16-9-8-15(19)11-14(16)12-20-23-17(21-22-18(23)25)13-6-4-3-5-7-13/h1,3-9,11-12H,10H2,(H,22,25)/b20-12-. The second kappa shape index (κ2) is 7.92. The number of ether oxygens (including phenoxy) is 1. The van der Waals surface area contributed by atoms with Crippen molar-refractivity contribution in [3.05, 3.63) is 63.3 Å². The van der Waals surface area contributed by atoms with Crippen molar-refractivity contribution in [2.24, 2.45) is 5.10 Å². The van der Waals surface area contributed by atoms with Crippen molar-refractivity contribution in [1.29, 1.82) is 0 Å². The van der Waals surface area contributed by atoms with Gasteiger partial charge in [-0.2, -0.15) is 14.9 Å². The van der Waals surface area contributed by atoms with E-state index in [-0.39, 0.29) is 6.61 Å². The first-order valence-electron chi connectivity index (χ1n) is 7.32. The minimum Gasteiger partial charge on any atom is -0.480 e. The molecule has 1 heterocycles. The molecule has 124 valence electrons. The number of nitrogens with one attached hydrogen (secondary N) is 1. The number of H-pyrrole nitrogens is 1. The van der Waals surface area contributed by atoms with Gasteiger partial charge in [-0.15, -0.1) is 6.42 Å². The lowest BCUT2D eigenvalue weighted by molar-refractivity contribution is 0.370. The Balaban J connectivity index is 1.99. The van der Waals surface area contributed by atoms with E-state index < -0.39 is 0 Å². The van der Waals surface area contributed by atoms with E-state index in [2.05, 4.69) is 37.1 Å². The van der Waals surface area contributed by atoms with Crippen molar-refractivity contribution in [2.75, 3.05) is 6.61 Å². The number of hydrogen-bond donors (Lipinski definition) is 1. The molecule has 0 aliphatic rings. The predicted molar refractivity (Wildman–Crippen MR) is 104 cm³/mol. The van der Waals surface area contributed by atoms with Gasteiger partial charge in [-0.3, -0.25) is 0 Å². The molecule has 1 N–H and O–H groups in total. The van der Waals surface area contributed by atoms with Crippen molar-refractivity contribution < 1.29 is 4.74 Å². The van der Waals surface area contributed by atoms with Crippen LogP contribution in [-0.2, 0) is 0 Å². The van der Waals surface area contributed by atoms with Gasteiger partial charge in [0.25, 0.3) is 0 Å². The van der Waals surface area contributed by atoms with Crippen LogP contribution in [0, 0.1) is 17.1 Å². The van der Waals surface area contributed by atoms with E-state index >= 15 is 0 Å². The molecule has 0 saturated heterocycles. The normalized spacial score (nSPS) is 10.7. The summed E-state index contributed by atoms with van der Waals surface area (Å²) in [6.07, 6.45) is 6.92. The fourth-order valence-corrected chi connectivity index (χ4v) is 2.72. The first-order valence-corrected chi connectivity index (χ1v) is 8.52. The first-order chi connectivity index (χ1) is 12.2. The molecule has 0 amide bonds. The van der Waals surface area contributed by atoms with Gasteiger partial charge in [0.15, 0.2) is 5.82 Å². The average molecular weight is 413 g/mol. The number of aromatic nitrogens is 3. The Bertz CT molecular complexity index is 1000. The summed E-state index contributed by atoms with van der Waals surface area (Å²) in [6, 6.07) is 15.3.